The molecule has 0 saturated heterocycles. The van der Waals surface area contributed by atoms with Gasteiger partial charge in [0, 0.05) is 50.9 Å². The van der Waals surface area contributed by atoms with Crippen LogP contribution in [0, 0.1) is 0 Å². The minimum Gasteiger partial charge on any atom is -0.744 e. The standard InChI is InChI=1S/C20H6Cl8N4O12S4.C20H14N4.Mn/c21-4-1-3-2-5-18(45(33,34)35)20(47(39,40)41)17(32(5)48(42,43)44)19(46(36,37)38)14-7(23)6(22)13(30-14)11(27)16-9(25)8(24)15(31(16)28)10(26)12(4)29-3;1-2-14-10-16-5-6-18(23-16)12-20-8-7-19(24-20)11-17-4-3-15(22-17)9-13(1)21-14;/h1-2H,(H,33,34,35)(H,36,37,38)(H,39,40,41)(H,42,43,44);1-12,21-22H;/p-4. The Labute approximate surface area is 460 Å². The molecule has 0 spiro atoms. The molecule has 0 fully saturated rings. The Balaban J connectivity index is 0.000000236. The summed E-state index contributed by atoms with van der Waals surface area (Å²) < 4.78 is 151. The molecule has 379 valence electrons. The van der Waals surface area contributed by atoms with Gasteiger partial charge in [0.05, 0.1) is 90.6 Å². The Kier molecular flexibility index (Phi) is 14.8. The van der Waals surface area contributed by atoms with Gasteiger partial charge in [-0.15, -0.1) is 0 Å². The Morgan fingerprint density at radius 3 is 1.33 bits per heavy atom. The Morgan fingerprint density at radius 2 is 0.877 bits per heavy atom. The van der Waals surface area contributed by atoms with Crippen molar-refractivity contribution in [2.75, 3.05) is 0 Å². The molecule has 10 rings (SSSR count). The zero-order valence-electron chi connectivity index (χ0n) is 34.7. The van der Waals surface area contributed by atoms with E-state index in [2.05, 4.69) is 60.2 Å². The van der Waals surface area contributed by atoms with Gasteiger partial charge >= 0.3 is 0 Å². The van der Waals surface area contributed by atoms with E-state index in [-0.39, 0.29) is 23.1 Å². The predicted octanol–water partition coefficient (Wildman–Crippen LogP) is 9.59. The number of nitrogens with zero attached hydrogens (tertiary/aromatic N) is 6. The predicted molar refractivity (Wildman–Crippen MR) is 270 cm³/mol. The molecule has 20 nitrogen and oxygen atoms in total. The number of H-pyrrole nitrogens is 2. The van der Waals surface area contributed by atoms with E-state index >= 15 is 0 Å². The molecule has 0 atom stereocenters. The average Bonchev–Trinajstić information content (AvgIpc) is 4.14. The number of fused-ring (bicyclic) bond motifs is 16. The van der Waals surface area contributed by atoms with Crippen molar-refractivity contribution in [3.63, 3.8) is 0 Å². The van der Waals surface area contributed by atoms with Crippen molar-refractivity contribution < 1.29 is 69.0 Å². The van der Waals surface area contributed by atoms with Crippen molar-refractivity contribution in [3.8, 4) is 0 Å². The van der Waals surface area contributed by atoms with Crippen molar-refractivity contribution in [2.24, 2.45) is 0 Å². The first kappa shape index (κ1) is 54.9. The van der Waals surface area contributed by atoms with Crippen LogP contribution in [-0.4, -0.2) is 89.8 Å². The molecular weight excluding hydrogens is 1250 g/mol. The molecule has 6 aromatic rings. The van der Waals surface area contributed by atoms with Gasteiger partial charge in [-0.25, -0.2) is 61.7 Å². The molecule has 4 aliphatic rings. The van der Waals surface area contributed by atoms with Gasteiger partial charge < -0.3 is 28.2 Å². The summed E-state index contributed by atoms with van der Waals surface area (Å²) in [6, 6.07) is 16.6. The normalized spacial score (nSPS) is 13.7. The van der Waals surface area contributed by atoms with Gasteiger partial charge in [-0.2, -0.15) is 0 Å². The Hall–Kier alpha value is -4.32. The maximum absolute atomic E-state index is 12.8. The van der Waals surface area contributed by atoms with Crippen LogP contribution in [0.15, 0.2) is 69.3 Å². The smallest absolute Gasteiger partial charge is 0.188 e. The molecule has 73 heavy (non-hydrogen) atoms. The van der Waals surface area contributed by atoms with Gasteiger partial charge in [-0.3, -0.25) is 0 Å². The van der Waals surface area contributed by atoms with Crippen LogP contribution in [0.4, 0.5) is 0 Å². The first-order valence-electron chi connectivity index (χ1n) is 19.1. The Morgan fingerprint density at radius 1 is 0.452 bits per heavy atom. The summed E-state index contributed by atoms with van der Waals surface area (Å²) >= 11 is 50.7. The molecule has 6 aromatic heterocycles. The zero-order valence-corrected chi connectivity index (χ0v) is 45.2. The molecule has 0 amide bonds. The van der Waals surface area contributed by atoms with Gasteiger partial charge in [0.2, 0.25) is 0 Å². The van der Waals surface area contributed by atoms with Crippen LogP contribution in [0.2, 0.25) is 20.1 Å². The molecule has 2 N–H and O–H groups in total. The molecule has 0 unspecified atom stereocenters. The summed E-state index contributed by atoms with van der Waals surface area (Å²) in [6.07, 6.45) is 8.83. The number of hydrogen-bond acceptors (Lipinski definition) is 16. The first-order chi connectivity index (χ1) is 33.5. The number of halogens is 8. The zero-order chi connectivity index (χ0) is 52.3. The maximum Gasteiger partial charge on any atom is 0.188 e. The quantitative estimate of drug-likeness (QED) is 0.122. The summed E-state index contributed by atoms with van der Waals surface area (Å²) in [5.74, 6) is 0. The number of nitrogens with one attached hydrogen (secondary N) is 2. The van der Waals surface area contributed by atoms with Crippen LogP contribution < -0.4 is 0 Å². The van der Waals surface area contributed by atoms with Crippen molar-refractivity contribution in [1.82, 2.24) is 38.0 Å². The summed E-state index contributed by atoms with van der Waals surface area (Å²) in [5, 5.41) is -4.68. The molecule has 4 aliphatic heterocycles. The van der Waals surface area contributed by atoms with Crippen LogP contribution in [0.25, 0.3) is 89.6 Å². The number of aromatic nitrogens is 8. The SMILES string of the molecule is C1=Cc2cc3ccc(cc4ccc(cc5nc(cc1n2)C=C5)[nH]4)[nH]3.O=S(=O)([O-])c1c(S(=O)(=O)[O-])c2c(S(=O)(=O)[O-])c3nc(c(Cl)c4c(Cl)c(Cl)c(c(Cl)c5nc(cc1n2S(=O)(=O)[O-])C=C5Cl)n4Cl)C(Cl)=C3Cl.[Mn]. The van der Waals surface area contributed by atoms with Crippen LogP contribution >= 0.6 is 93.0 Å². The van der Waals surface area contributed by atoms with Gasteiger partial charge in [0.15, 0.2) is 10.3 Å². The van der Waals surface area contributed by atoms with E-state index in [0.29, 0.717) is 4.09 Å². The van der Waals surface area contributed by atoms with E-state index in [4.69, 9.17) is 93.0 Å². The molecule has 10 heterocycles. The fourth-order valence-corrected chi connectivity index (χ4v) is 14.0. The fourth-order valence-electron chi connectivity index (χ4n) is 7.42. The van der Waals surface area contributed by atoms with Crippen molar-refractivity contribution in [1.29, 1.82) is 0 Å². The van der Waals surface area contributed by atoms with Crippen LogP contribution in [0.5, 0.6) is 0 Å². The maximum atomic E-state index is 12.8. The van der Waals surface area contributed by atoms with E-state index in [9.17, 15) is 51.9 Å². The molecule has 33 heteroatoms. The third kappa shape index (κ3) is 10.4. The topological polar surface area (TPSA) is 322 Å². The van der Waals surface area contributed by atoms with Gasteiger partial charge in [-0.1, -0.05) is 81.2 Å². The number of rotatable bonds is 4. The number of hydrogen-bond donors (Lipinski definition) is 2. The summed E-state index contributed by atoms with van der Waals surface area (Å²) in [6.45, 7) is 0. The van der Waals surface area contributed by atoms with Crippen molar-refractivity contribution in [3.05, 3.63) is 120 Å². The molecular formula is C40H16Cl8MnN8O12S4-4. The summed E-state index contributed by atoms with van der Waals surface area (Å²) in [7, 11) is -25.9. The average molecular weight is 1270 g/mol. The van der Waals surface area contributed by atoms with Crippen LogP contribution in [0.3, 0.4) is 0 Å². The van der Waals surface area contributed by atoms with Crippen LogP contribution in [0.1, 0.15) is 45.6 Å². The Bertz CT molecular complexity index is 4370. The largest absolute Gasteiger partial charge is 0.744 e. The molecule has 0 aliphatic carbocycles. The van der Waals surface area contributed by atoms with E-state index < -0.39 is 139 Å². The van der Waals surface area contributed by atoms with Gasteiger partial charge in [-0.05, 0) is 85.0 Å². The minimum absolute atomic E-state index is 0. The third-order valence-electron chi connectivity index (χ3n) is 10.2. The molecule has 0 saturated carbocycles. The summed E-state index contributed by atoms with van der Waals surface area (Å²) in [4.78, 5) is 16.6. The second-order valence-electron chi connectivity index (χ2n) is 14.9. The van der Waals surface area contributed by atoms with E-state index in [1.54, 1.807) is 0 Å². The second-order valence-corrected chi connectivity index (χ2v) is 23.1. The first-order valence-corrected chi connectivity index (χ1v) is 27.7. The molecule has 1 radical (unpaired) electrons. The third-order valence-corrected chi connectivity index (χ3v) is 16.9. The molecule has 0 aromatic carbocycles. The van der Waals surface area contributed by atoms with Gasteiger partial charge in [0.25, 0.3) is 0 Å². The van der Waals surface area contributed by atoms with Gasteiger partial charge in [0.1, 0.15) is 57.2 Å². The van der Waals surface area contributed by atoms with E-state index in [1.807, 2.05) is 42.5 Å². The molecule has 16 bridgehead atoms. The van der Waals surface area contributed by atoms with Crippen LogP contribution in [-0.2, 0) is 57.7 Å². The monoisotopic (exact) mass is 1260 g/mol. The number of aromatic amines is 2. The fraction of sp³-hybridized carbons (Fsp3) is 0. The summed E-state index contributed by atoms with van der Waals surface area (Å²) in [5.41, 5.74) is -0.675. The van der Waals surface area contributed by atoms with Crippen molar-refractivity contribution >= 4 is 223 Å². The van der Waals surface area contributed by atoms with E-state index in [1.165, 1.54) is 0 Å². The van der Waals surface area contributed by atoms with Crippen molar-refractivity contribution in [2.45, 2.75) is 14.7 Å². The van der Waals surface area contributed by atoms with E-state index in [0.717, 1.165) is 50.9 Å². The minimum atomic E-state index is -6.56. The second kappa shape index (κ2) is 19.7.